The van der Waals surface area contributed by atoms with Crippen LogP contribution in [0, 0.1) is 6.92 Å². The van der Waals surface area contributed by atoms with E-state index >= 15 is 0 Å². The number of hydrogen-bond acceptors (Lipinski definition) is 5. The Bertz CT molecular complexity index is 937. The van der Waals surface area contributed by atoms with Crippen LogP contribution in [0.5, 0.6) is 0 Å². The minimum atomic E-state index is -4.45. The molecule has 3 aromatic rings. The molecule has 0 aliphatic rings. The van der Waals surface area contributed by atoms with Crippen LogP contribution in [0.3, 0.4) is 0 Å². The molecule has 0 saturated carbocycles. The van der Waals surface area contributed by atoms with E-state index in [1.807, 2.05) is 0 Å². The number of alkyl halides is 3. The summed E-state index contributed by atoms with van der Waals surface area (Å²) >= 11 is 0.993. The molecule has 0 spiro atoms. The molecule has 0 radical (unpaired) electrons. The van der Waals surface area contributed by atoms with E-state index in [9.17, 15) is 23.1 Å². The number of halogens is 3. The minimum absolute atomic E-state index is 0.123. The molecule has 0 atom stereocenters. The Kier molecular flexibility index (Phi) is 3.88. The molecule has 1 aromatic carbocycles. The number of thiophene rings is 1. The first-order chi connectivity index (χ1) is 11.3. The molecule has 9 heteroatoms. The Labute approximate surface area is 137 Å². The summed E-state index contributed by atoms with van der Waals surface area (Å²) in [6, 6.07) is 4.70. The number of aromatic carboxylic acids is 1. The molecule has 0 amide bonds. The van der Waals surface area contributed by atoms with Gasteiger partial charge in [-0.25, -0.2) is 14.8 Å². The smallest absolute Gasteiger partial charge is 0.416 e. The second-order valence-electron chi connectivity index (χ2n) is 4.97. The van der Waals surface area contributed by atoms with Crippen molar-refractivity contribution in [2.75, 3.05) is 5.32 Å². The fourth-order valence-corrected chi connectivity index (χ4v) is 3.27. The molecule has 0 unspecified atom stereocenters. The number of aromatic nitrogens is 2. The van der Waals surface area contributed by atoms with E-state index in [1.54, 1.807) is 6.92 Å². The highest BCUT2D eigenvalue weighted by molar-refractivity contribution is 7.20. The molecule has 2 heterocycles. The van der Waals surface area contributed by atoms with Gasteiger partial charge >= 0.3 is 12.1 Å². The second kappa shape index (κ2) is 5.75. The zero-order valence-corrected chi connectivity index (χ0v) is 13.0. The van der Waals surface area contributed by atoms with Gasteiger partial charge in [-0.15, -0.1) is 11.3 Å². The highest BCUT2D eigenvalue weighted by Gasteiger charge is 2.30. The van der Waals surface area contributed by atoms with Gasteiger partial charge in [0.05, 0.1) is 10.9 Å². The van der Waals surface area contributed by atoms with E-state index in [0.29, 0.717) is 15.8 Å². The normalized spacial score (nSPS) is 11.7. The van der Waals surface area contributed by atoms with E-state index in [0.717, 1.165) is 23.5 Å². The molecule has 0 fully saturated rings. The summed E-state index contributed by atoms with van der Waals surface area (Å²) in [7, 11) is 0. The van der Waals surface area contributed by atoms with Crippen LogP contribution in [0.1, 0.15) is 20.8 Å². The minimum Gasteiger partial charge on any atom is -0.477 e. The van der Waals surface area contributed by atoms with Gasteiger partial charge in [-0.05, 0) is 30.7 Å². The Morgan fingerprint density at radius 3 is 2.71 bits per heavy atom. The maximum atomic E-state index is 12.8. The van der Waals surface area contributed by atoms with Crippen molar-refractivity contribution < 1.29 is 23.1 Å². The summed E-state index contributed by atoms with van der Waals surface area (Å²) < 4.78 is 38.4. The van der Waals surface area contributed by atoms with E-state index in [-0.39, 0.29) is 16.4 Å². The lowest BCUT2D eigenvalue weighted by Crippen LogP contribution is -2.05. The maximum absolute atomic E-state index is 12.8. The van der Waals surface area contributed by atoms with Gasteiger partial charge in [-0.3, -0.25) is 0 Å². The zero-order chi connectivity index (χ0) is 17.5. The topological polar surface area (TPSA) is 75.1 Å². The second-order valence-corrected chi connectivity index (χ2v) is 5.97. The van der Waals surface area contributed by atoms with E-state index in [4.69, 9.17) is 0 Å². The predicted octanol–water partition coefficient (Wildman–Crippen LogP) is 4.46. The maximum Gasteiger partial charge on any atom is 0.416 e. The molecule has 24 heavy (non-hydrogen) atoms. The number of carboxylic acid groups (broad SMARTS) is 1. The van der Waals surface area contributed by atoms with Crippen molar-refractivity contribution in [2.24, 2.45) is 0 Å². The van der Waals surface area contributed by atoms with Gasteiger partial charge in [0.15, 0.2) is 0 Å². The van der Waals surface area contributed by atoms with Gasteiger partial charge in [-0.1, -0.05) is 6.07 Å². The van der Waals surface area contributed by atoms with Crippen LogP contribution in [-0.2, 0) is 6.18 Å². The molecule has 0 aliphatic carbocycles. The average molecular weight is 353 g/mol. The van der Waals surface area contributed by atoms with Gasteiger partial charge < -0.3 is 10.4 Å². The van der Waals surface area contributed by atoms with Crippen LogP contribution in [-0.4, -0.2) is 21.0 Å². The highest BCUT2D eigenvalue weighted by atomic mass is 32.1. The van der Waals surface area contributed by atoms with Crippen molar-refractivity contribution in [2.45, 2.75) is 13.1 Å². The van der Waals surface area contributed by atoms with Gasteiger partial charge in [0.25, 0.3) is 0 Å². The van der Waals surface area contributed by atoms with Gasteiger partial charge in [0.1, 0.15) is 21.9 Å². The monoisotopic (exact) mass is 353 g/mol. The molecule has 5 nitrogen and oxygen atoms in total. The number of aryl methyl sites for hydroxylation is 1. The summed E-state index contributed by atoms with van der Waals surface area (Å²) in [5.74, 6) is -0.818. The van der Waals surface area contributed by atoms with Crippen LogP contribution >= 0.6 is 11.3 Å². The SMILES string of the molecule is Cc1c(C(=O)O)sc2ncnc(Nc3cccc(C(F)(F)F)c3)c12. The summed E-state index contributed by atoms with van der Waals surface area (Å²) in [5.41, 5.74) is -0.115. The standard InChI is InChI=1S/C15H10F3N3O2S/c1-7-10-12(19-6-20-13(10)24-11(7)14(22)23)21-9-4-2-3-8(5-9)15(16,17)18/h2-6H,1H3,(H,22,23)(H,19,20,21). The first-order valence-corrected chi connectivity index (χ1v) is 7.50. The van der Waals surface area contributed by atoms with Crippen molar-refractivity contribution in [1.29, 1.82) is 0 Å². The third-order valence-electron chi connectivity index (χ3n) is 3.37. The fraction of sp³-hybridized carbons (Fsp3) is 0.133. The third-order valence-corrected chi connectivity index (χ3v) is 4.56. The molecule has 0 aliphatic heterocycles. The Balaban J connectivity index is 2.07. The molecule has 3 rings (SSSR count). The molecule has 2 aromatic heterocycles. The van der Waals surface area contributed by atoms with Crippen molar-refractivity contribution in [3.63, 3.8) is 0 Å². The molecule has 0 bridgehead atoms. The average Bonchev–Trinajstić information content (AvgIpc) is 2.85. The molecular weight excluding hydrogens is 343 g/mol. The molecule has 124 valence electrons. The molecular formula is C15H10F3N3O2S. The lowest BCUT2D eigenvalue weighted by atomic mass is 10.1. The summed E-state index contributed by atoms with van der Waals surface area (Å²) in [6.45, 7) is 1.61. The Morgan fingerprint density at radius 2 is 2.04 bits per heavy atom. The Hall–Kier alpha value is -2.68. The van der Waals surface area contributed by atoms with Gasteiger partial charge in [-0.2, -0.15) is 13.2 Å². The lowest BCUT2D eigenvalue weighted by molar-refractivity contribution is -0.137. The number of nitrogens with zero attached hydrogens (tertiary/aromatic N) is 2. The summed E-state index contributed by atoms with van der Waals surface area (Å²) in [6.07, 6.45) is -3.21. The van der Waals surface area contributed by atoms with Crippen LogP contribution in [0.4, 0.5) is 24.7 Å². The highest BCUT2D eigenvalue weighted by Crippen LogP contribution is 2.35. The molecule has 2 N–H and O–H groups in total. The molecule has 0 saturated heterocycles. The van der Waals surface area contributed by atoms with Crippen molar-refractivity contribution in [3.8, 4) is 0 Å². The number of hydrogen-bond donors (Lipinski definition) is 2. The van der Waals surface area contributed by atoms with Crippen LogP contribution in [0.25, 0.3) is 10.2 Å². The zero-order valence-electron chi connectivity index (χ0n) is 12.2. The number of benzene rings is 1. The van der Waals surface area contributed by atoms with Gasteiger partial charge in [0, 0.05) is 5.69 Å². The van der Waals surface area contributed by atoms with E-state index in [2.05, 4.69) is 15.3 Å². The van der Waals surface area contributed by atoms with Gasteiger partial charge in [0.2, 0.25) is 0 Å². The van der Waals surface area contributed by atoms with Crippen molar-refractivity contribution in [1.82, 2.24) is 9.97 Å². The van der Waals surface area contributed by atoms with E-state index < -0.39 is 17.7 Å². The van der Waals surface area contributed by atoms with Crippen LogP contribution in [0.2, 0.25) is 0 Å². The first-order valence-electron chi connectivity index (χ1n) is 6.69. The van der Waals surface area contributed by atoms with Crippen molar-refractivity contribution >= 4 is 39.0 Å². The number of anilines is 2. The summed E-state index contributed by atoms with van der Waals surface area (Å²) in [5, 5.41) is 12.5. The quantitative estimate of drug-likeness (QED) is 0.727. The number of nitrogens with one attached hydrogen (secondary N) is 1. The van der Waals surface area contributed by atoms with Crippen LogP contribution < -0.4 is 5.32 Å². The van der Waals surface area contributed by atoms with Crippen LogP contribution in [0.15, 0.2) is 30.6 Å². The largest absolute Gasteiger partial charge is 0.477 e. The van der Waals surface area contributed by atoms with Crippen molar-refractivity contribution in [3.05, 3.63) is 46.6 Å². The predicted molar refractivity (Wildman–Crippen MR) is 83.8 cm³/mol. The third kappa shape index (κ3) is 2.90. The lowest BCUT2D eigenvalue weighted by Gasteiger charge is -2.11. The number of carbonyl (C=O) groups is 1. The summed E-state index contributed by atoms with van der Waals surface area (Å²) in [4.78, 5) is 19.9. The first kappa shape index (κ1) is 16.2. The Morgan fingerprint density at radius 1 is 1.29 bits per heavy atom. The fourth-order valence-electron chi connectivity index (χ4n) is 2.28. The number of fused-ring (bicyclic) bond motifs is 1. The number of carboxylic acids is 1. The number of rotatable bonds is 3. The van der Waals surface area contributed by atoms with E-state index in [1.165, 1.54) is 18.5 Å².